The first-order valence-corrected chi connectivity index (χ1v) is 9.48. The summed E-state index contributed by atoms with van der Waals surface area (Å²) in [7, 11) is -2.88. The Morgan fingerprint density at radius 2 is 1.44 bits per heavy atom. The van der Waals surface area contributed by atoms with Gasteiger partial charge in [-0.3, -0.25) is 0 Å². The van der Waals surface area contributed by atoms with Crippen molar-refractivity contribution < 1.29 is 8.42 Å². The fraction of sp³-hybridized carbons (Fsp3) is 1.00. The third kappa shape index (κ3) is 3.95. The average molecular weight is 273 g/mol. The molecule has 1 N–H and O–H groups in total. The van der Waals surface area contributed by atoms with E-state index in [0.717, 1.165) is 19.3 Å². The topological polar surface area (TPSA) is 46.2 Å². The second-order valence-corrected chi connectivity index (χ2v) is 8.38. The van der Waals surface area contributed by atoms with Crippen LogP contribution in [-0.2, 0) is 9.84 Å². The molecule has 0 aromatic heterocycles. The molecule has 106 valence electrons. The van der Waals surface area contributed by atoms with Crippen LogP contribution in [0.15, 0.2) is 0 Å². The zero-order valence-electron chi connectivity index (χ0n) is 11.5. The minimum atomic E-state index is -2.88. The predicted molar refractivity (Wildman–Crippen MR) is 75.5 cm³/mol. The molecule has 2 aliphatic carbocycles. The molecule has 0 bridgehead atoms. The van der Waals surface area contributed by atoms with Gasteiger partial charge < -0.3 is 5.32 Å². The molecule has 0 amide bonds. The Morgan fingerprint density at radius 3 is 2.06 bits per heavy atom. The third-order valence-electron chi connectivity index (χ3n) is 4.56. The van der Waals surface area contributed by atoms with E-state index in [1.165, 1.54) is 51.2 Å². The molecule has 2 saturated carbocycles. The fourth-order valence-electron chi connectivity index (χ4n) is 3.55. The Hall–Kier alpha value is -0.0900. The smallest absolute Gasteiger partial charge is 0.151 e. The SMILES string of the molecule is CS(=O)(=O)C1CCCC1NC1CCCCCCC1. The van der Waals surface area contributed by atoms with Gasteiger partial charge >= 0.3 is 0 Å². The minimum absolute atomic E-state index is 0.136. The van der Waals surface area contributed by atoms with E-state index in [2.05, 4.69) is 5.32 Å². The van der Waals surface area contributed by atoms with Gasteiger partial charge in [-0.05, 0) is 25.7 Å². The molecular formula is C14H27NO2S. The van der Waals surface area contributed by atoms with E-state index in [4.69, 9.17) is 0 Å². The van der Waals surface area contributed by atoms with Crippen molar-refractivity contribution in [2.24, 2.45) is 0 Å². The molecule has 0 aromatic rings. The maximum atomic E-state index is 11.8. The second-order valence-electron chi connectivity index (χ2n) is 6.11. The predicted octanol–water partition coefficient (Wildman–Crippen LogP) is 2.65. The summed E-state index contributed by atoms with van der Waals surface area (Å²) in [5.74, 6) is 0. The molecule has 0 heterocycles. The lowest BCUT2D eigenvalue weighted by Gasteiger charge is -2.27. The highest BCUT2D eigenvalue weighted by Gasteiger charge is 2.35. The molecule has 3 nitrogen and oxygen atoms in total. The number of nitrogens with one attached hydrogen (secondary N) is 1. The van der Waals surface area contributed by atoms with Crippen LogP contribution in [0.2, 0.25) is 0 Å². The van der Waals surface area contributed by atoms with Crippen molar-refractivity contribution in [3.63, 3.8) is 0 Å². The molecule has 2 unspecified atom stereocenters. The van der Waals surface area contributed by atoms with E-state index < -0.39 is 9.84 Å². The molecule has 2 atom stereocenters. The molecule has 0 aliphatic heterocycles. The Labute approximate surface area is 112 Å². The van der Waals surface area contributed by atoms with E-state index in [1.807, 2.05) is 0 Å². The fourth-order valence-corrected chi connectivity index (χ4v) is 4.96. The van der Waals surface area contributed by atoms with Gasteiger partial charge in [0, 0.05) is 18.3 Å². The van der Waals surface area contributed by atoms with Gasteiger partial charge in [0.2, 0.25) is 0 Å². The summed E-state index contributed by atoms with van der Waals surface area (Å²) in [5, 5.41) is 3.53. The van der Waals surface area contributed by atoms with Crippen LogP contribution >= 0.6 is 0 Å². The molecule has 18 heavy (non-hydrogen) atoms. The van der Waals surface area contributed by atoms with E-state index in [1.54, 1.807) is 0 Å². The highest BCUT2D eigenvalue weighted by Crippen LogP contribution is 2.27. The van der Waals surface area contributed by atoms with Gasteiger partial charge in [0.25, 0.3) is 0 Å². The van der Waals surface area contributed by atoms with Gasteiger partial charge in [0.05, 0.1) is 5.25 Å². The van der Waals surface area contributed by atoms with Crippen LogP contribution in [0.1, 0.15) is 64.2 Å². The molecule has 0 radical (unpaired) electrons. The largest absolute Gasteiger partial charge is 0.310 e. The van der Waals surface area contributed by atoms with Crippen LogP contribution < -0.4 is 5.32 Å². The van der Waals surface area contributed by atoms with Gasteiger partial charge in [-0.2, -0.15) is 0 Å². The Bertz CT molecular complexity index is 345. The molecule has 0 saturated heterocycles. The first-order valence-electron chi connectivity index (χ1n) is 7.52. The molecule has 0 aromatic carbocycles. The van der Waals surface area contributed by atoms with Crippen LogP contribution in [0, 0.1) is 0 Å². The summed E-state index contributed by atoms with van der Waals surface area (Å²) in [6, 6.07) is 0.766. The molecule has 2 fully saturated rings. The van der Waals surface area contributed by atoms with Crippen molar-refractivity contribution in [1.82, 2.24) is 5.32 Å². The van der Waals surface area contributed by atoms with Crippen molar-refractivity contribution in [3.8, 4) is 0 Å². The van der Waals surface area contributed by atoms with Crippen molar-refractivity contribution in [3.05, 3.63) is 0 Å². The molecule has 4 heteroatoms. The summed E-state index contributed by atoms with van der Waals surface area (Å²) in [6.07, 6.45) is 13.5. The Morgan fingerprint density at radius 1 is 0.833 bits per heavy atom. The number of hydrogen-bond acceptors (Lipinski definition) is 3. The number of rotatable bonds is 3. The summed E-state index contributed by atoms with van der Waals surface area (Å²) >= 11 is 0. The molecule has 2 rings (SSSR count). The van der Waals surface area contributed by atoms with Crippen molar-refractivity contribution in [2.75, 3.05) is 6.26 Å². The van der Waals surface area contributed by atoms with Crippen molar-refractivity contribution >= 4 is 9.84 Å². The number of sulfone groups is 1. The van der Waals surface area contributed by atoms with E-state index >= 15 is 0 Å². The lowest BCUT2D eigenvalue weighted by molar-refractivity contribution is 0.352. The third-order valence-corrected chi connectivity index (χ3v) is 6.22. The zero-order valence-corrected chi connectivity index (χ0v) is 12.3. The standard InChI is InChI=1S/C14H27NO2S/c1-18(16,17)14-11-7-10-13(14)15-12-8-5-3-2-4-6-9-12/h12-15H,2-11H2,1H3. The monoisotopic (exact) mass is 273 g/mol. The van der Waals surface area contributed by atoms with E-state index in [0.29, 0.717) is 6.04 Å². The van der Waals surface area contributed by atoms with Gasteiger partial charge in [-0.1, -0.05) is 38.5 Å². The van der Waals surface area contributed by atoms with Gasteiger partial charge in [-0.15, -0.1) is 0 Å². The summed E-state index contributed by atoms with van der Waals surface area (Å²) < 4.78 is 23.5. The summed E-state index contributed by atoms with van der Waals surface area (Å²) in [6.45, 7) is 0. The van der Waals surface area contributed by atoms with E-state index in [9.17, 15) is 8.42 Å². The second kappa shape index (κ2) is 6.38. The maximum Gasteiger partial charge on any atom is 0.151 e. The van der Waals surface area contributed by atoms with Gasteiger partial charge in [0.15, 0.2) is 9.84 Å². The van der Waals surface area contributed by atoms with Crippen molar-refractivity contribution in [1.29, 1.82) is 0 Å². The Kier molecular flexibility index (Phi) is 5.07. The lowest BCUT2D eigenvalue weighted by atomic mass is 9.96. The van der Waals surface area contributed by atoms with E-state index in [-0.39, 0.29) is 11.3 Å². The quantitative estimate of drug-likeness (QED) is 0.860. The zero-order chi connectivity index (χ0) is 13.0. The van der Waals surface area contributed by atoms with Crippen LogP contribution in [0.4, 0.5) is 0 Å². The van der Waals surface area contributed by atoms with Crippen LogP contribution in [0.3, 0.4) is 0 Å². The first-order chi connectivity index (χ1) is 8.57. The molecular weight excluding hydrogens is 246 g/mol. The summed E-state index contributed by atoms with van der Waals surface area (Å²) in [4.78, 5) is 0. The highest BCUT2D eigenvalue weighted by molar-refractivity contribution is 7.91. The lowest BCUT2D eigenvalue weighted by Crippen LogP contribution is -2.45. The number of hydrogen-bond donors (Lipinski definition) is 1. The van der Waals surface area contributed by atoms with Gasteiger partial charge in [-0.25, -0.2) is 8.42 Å². The minimum Gasteiger partial charge on any atom is -0.310 e. The van der Waals surface area contributed by atoms with Crippen LogP contribution in [0.5, 0.6) is 0 Å². The highest BCUT2D eigenvalue weighted by atomic mass is 32.2. The first kappa shape index (κ1) is 14.3. The normalized spacial score (nSPS) is 32.1. The van der Waals surface area contributed by atoms with Crippen LogP contribution in [-0.4, -0.2) is 32.0 Å². The van der Waals surface area contributed by atoms with Gasteiger partial charge in [0.1, 0.15) is 0 Å². The molecule has 2 aliphatic rings. The Balaban J connectivity index is 1.90. The summed E-state index contributed by atoms with van der Waals surface area (Å²) in [5.41, 5.74) is 0. The van der Waals surface area contributed by atoms with Crippen LogP contribution in [0.25, 0.3) is 0 Å². The maximum absolute atomic E-state index is 11.8. The molecule has 0 spiro atoms. The van der Waals surface area contributed by atoms with Crippen molar-refractivity contribution in [2.45, 2.75) is 81.5 Å². The average Bonchev–Trinajstić information content (AvgIpc) is 2.69.